The molecule has 0 unspecified atom stereocenters. The van der Waals surface area contributed by atoms with E-state index in [0.717, 1.165) is 11.1 Å². The fourth-order valence-electron chi connectivity index (χ4n) is 4.12. The average Bonchev–Trinajstić information content (AvgIpc) is 2.87. The first-order chi connectivity index (χ1) is 15.6. The van der Waals surface area contributed by atoms with Crippen LogP contribution in [0.3, 0.4) is 0 Å². The van der Waals surface area contributed by atoms with Crippen LogP contribution in [0.15, 0.2) is 109 Å². The zero-order valence-corrected chi connectivity index (χ0v) is 19.2. The van der Waals surface area contributed by atoms with Crippen molar-refractivity contribution < 1.29 is 47.9 Å². The van der Waals surface area contributed by atoms with Crippen molar-refractivity contribution >= 4 is 0 Å². The standard InChI is InChI=1S/C30H18O2.2Li/c31-29(21-19-23-11-3-1-4-12-23)25-15-7-9-17-27(25)30(32,28-18-10-8-16-26(28)29)22-20-24-13-5-2-6-14-24;;/h1-18H;;/q-2;2*+1. The summed E-state index contributed by atoms with van der Waals surface area (Å²) >= 11 is 0. The summed E-state index contributed by atoms with van der Waals surface area (Å²) in [5, 5.41) is 28.7. The monoisotopic (exact) mass is 424 g/mol. The normalized spacial score (nSPS) is 19.4. The van der Waals surface area contributed by atoms with Crippen LogP contribution in [0.4, 0.5) is 0 Å². The summed E-state index contributed by atoms with van der Waals surface area (Å²) in [6, 6.07) is 32.7. The second-order valence-corrected chi connectivity index (χ2v) is 7.69. The van der Waals surface area contributed by atoms with Gasteiger partial charge in [0.05, 0.1) is 0 Å². The van der Waals surface area contributed by atoms with Crippen LogP contribution in [0.2, 0.25) is 0 Å². The molecule has 4 heteroatoms. The summed E-state index contributed by atoms with van der Waals surface area (Å²) in [4.78, 5) is 0. The minimum Gasteiger partial charge on any atom is -0.833 e. The van der Waals surface area contributed by atoms with Crippen molar-refractivity contribution in [2.24, 2.45) is 0 Å². The van der Waals surface area contributed by atoms with E-state index in [1.54, 1.807) is 48.5 Å². The van der Waals surface area contributed by atoms with Crippen molar-refractivity contribution in [3.05, 3.63) is 143 Å². The van der Waals surface area contributed by atoms with Gasteiger partial charge in [-0.05, 0) is 46.5 Å². The molecule has 0 saturated heterocycles. The first-order valence-corrected chi connectivity index (χ1v) is 10.4. The molecule has 152 valence electrons. The predicted molar refractivity (Wildman–Crippen MR) is 121 cm³/mol. The van der Waals surface area contributed by atoms with E-state index in [0.29, 0.717) is 22.3 Å². The third kappa shape index (κ3) is 4.55. The third-order valence-corrected chi connectivity index (χ3v) is 5.68. The van der Waals surface area contributed by atoms with Crippen LogP contribution in [0.1, 0.15) is 33.4 Å². The number of hydrogen-bond donors (Lipinski definition) is 0. The van der Waals surface area contributed by atoms with E-state index in [1.165, 1.54) is 0 Å². The topological polar surface area (TPSA) is 46.1 Å². The molecule has 4 aromatic carbocycles. The van der Waals surface area contributed by atoms with E-state index in [-0.39, 0.29) is 37.7 Å². The van der Waals surface area contributed by atoms with Crippen LogP contribution in [-0.4, -0.2) is 0 Å². The number of hydrogen-bond acceptors (Lipinski definition) is 2. The zero-order valence-electron chi connectivity index (χ0n) is 19.2. The summed E-state index contributed by atoms with van der Waals surface area (Å²) in [7, 11) is 0. The number of fused-ring (bicyclic) bond motifs is 2. The second-order valence-electron chi connectivity index (χ2n) is 7.69. The van der Waals surface area contributed by atoms with E-state index in [9.17, 15) is 10.2 Å². The van der Waals surface area contributed by atoms with Crippen molar-refractivity contribution in [1.82, 2.24) is 0 Å². The summed E-state index contributed by atoms with van der Waals surface area (Å²) in [6.07, 6.45) is 0. The minimum atomic E-state index is -1.87. The SMILES string of the molecule is [Li+].[Li+].[O-]C1(C#Cc2ccccc2)c2ccccc2C([O-])(C#Cc2ccccc2)c2ccccc21. The van der Waals surface area contributed by atoms with Crippen molar-refractivity contribution in [3.8, 4) is 23.7 Å². The van der Waals surface area contributed by atoms with Crippen LogP contribution in [0.5, 0.6) is 0 Å². The smallest absolute Gasteiger partial charge is 0.833 e. The van der Waals surface area contributed by atoms with Gasteiger partial charge in [-0.1, -0.05) is 109 Å². The molecule has 0 aromatic heterocycles. The Morgan fingerprint density at radius 2 is 0.676 bits per heavy atom. The second kappa shape index (κ2) is 10.6. The molecule has 0 N–H and O–H groups in total. The Morgan fingerprint density at radius 3 is 0.971 bits per heavy atom. The fraction of sp³-hybridized carbons (Fsp3) is 0.0667. The van der Waals surface area contributed by atoms with Crippen LogP contribution >= 0.6 is 0 Å². The summed E-state index contributed by atoms with van der Waals surface area (Å²) in [6.45, 7) is 0. The molecule has 0 fully saturated rings. The molecule has 4 aromatic rings. The van der Waals surface area contributed by atoms with Gasteiger partial charge in [-0.3, -0.25) is 0 Å². The van der Waals surface area contributed by atoms with Crippen molar-refractivity contribution in [2.45, 2.75) is 11.2 Å². The van der Waals surface area contributed by atoms with Gasteiger partial charge in [0.1, 0.15) is 0 Å². The van der Waals surface area contributed by atoms with Gasteiger partial charge >= 0.3 is 37.7 Å². The first-order valence-electron chi connectivity index (χ1n) is 10.4. The molecule has 0 bridgehead atoms. The molecule has 1 aliphatic rings. The molecule has 0 spiro atoms. The Morgan fingerprint density at radius 1 is 0.412 bits per heavy atom. The number of benzene rings is 4. The van der Waals surface area contributed by atoms with Crippen LogP contribution < -0.4 is 47.9 Å². The Bertz CT molecular complexity index is 1250. The van der Waals surface area contributed by atoms with E-state index >= 15 is 0 Å². The molecule has 0 amide bonds. The van der Waals surface area contributed by atoms with Gasteiger partial charge in [0.25, 0.3) is 0 Å². The van der Waals surface area contributed by atoms with E-state index < -0.39 is 11.2 Å². The van der Waals surface area contributed by atoms with Gasteiger partial charge in [-0.2, -0.15) is 0 Å². The fourth-order valence-corrected chi connectivity index (χ4v) is 4.12. The van der Waals surface area contributed by atoms with E-state index in [2.05, 4.69) is 23.7 Å². The number of rotatable bonds is 0. The van der Waals surface area contributed by atoms with Gasteiger partial charge in [0.2, 0.25) is 0 Å². The quantitative estimate of drug-likeness (QED) is 0.228. The van der Waals surface area contributed by atoms with Crippen LogP contribution in [0.25, 0.3) is 0 Å². The molecule has 5 rings (SSSR count). The van der Waals surface area contributed by atoms with Crippen molar-refractivity contribution in [1.29, 1.82) is 0 Å². The van der Waals surface area contributed by atoms with Crippen molar-refractivity contribution in [2.75, 3.05) is 0 Å². The maximum absolute atomic E-state index is 14.3. The first kappa shape index (κ1) is 25.7. The molecule has 0 saturated carbocycles. The van der Waals surface area contributed by atoms with Gasteiger partial charge < -0.3 is 10.2 Å². The molecule has 34 heavy (non-hydrogen) atoms. The van der Waals surface area contributed by atoms with Gasteiger partial charge in [0.15, 0.2) is 0 Å². The maximum atomic E-state index is 14.3. The summed E-state index contributed by atoms with van der Waals surface area (Å²) in [5.74, 6) is 11.9. The molecule has 0 heterocycles. The Balaban J connectivity index is 0.00000162. The largest absolute Gasteiger partial charge is 1.00 e. The summed E-state index contributed by atoms with van der Waals surface area (Å²) in [5.41, 5.74) is -0.796. The van der Waals surface area contributed by atoms with Crippen molar-refractivity contribution in [3.63, 3.8) is 0 Å². The summed E-state index contributed by atoms with van der Waals surface area (Å²) < 4.78 is 0. The third-order valence-electron chi connectivity index (χ3n) is 5.68. The maximum Gasteiger partial charge on any atom is 1.00 e. The van der Waals surface area contributed by atoms with Gasteiger partial charge in [-0.25, -0.2) is 0 Å². The van der Waals surface area contributed by atoms with Crippen LogP contribution in [-0.2, 0) is 11.2 Å². The molecular weight excluding hydrogens is 406 g/mol. The molecular formula is C30H18Li2O2. The molecule has 0 atom stereocenters. The van der Waals surface area contributed by atoms with E-state index in [1.807, 2.05) is 60.7 Å². The molecule has 0 radical (unpaired) electrons. The Hall–Kier alpha value is -2.89. The van der Waals surface area contributed by atoms with E-state index in [4.69, 9.17) is 0 Å². The molecule has 0 aliphatic heterocycles. The van der Waals surface area contributed by atoms with Crippen LogP contribution in [0, 0.1) is 23.7 Å². The van der Waals surface area contributed by atoms with Gasteiger partial charge in [-0.15, -0.1) is 0 Å². The minimum absolute atomic E-state index is 0. The zero-order chi connectivity index (χ0) is 22.0. The Kier molecular flexibility index (Phi) is 8.01. The predicted octanol–water partition coefficient (Wildman–Crippen LogP) is -2.68. The molecule has 2 nitrogen and oxygen atoms in total. The molecule has 1 aliphatic carbocycles. The van der Waals surface area contributed by atoms with Gasteiger partial charge in [0, 0.05) is 22.3 Å². The Labute approximate surface area is 224 Å². The average molecular weight is 424 g/mol.